The van der Waals surface area contributed by atoms with Crippen LogP contribution >= 0.6 is 0 Å². The number of aliphatic carboxylic acids is 1. The minimum Gasteiger partial charge on any atom is -0.490 e. The maximum atomic E-state index is 14.3. The molecule has 3 heterocycles. The number of halogens is 3. The lowest BCUT2D eigenvalue weighted by Gasteiger charge is -2.25. The molecule has 0 unspecified atom stereocenters. The minimum atomic E-state index is -4.24. The van der Waals surface area contributed by atoms with E-state index in [1.54, 1.807) is 31.2 Å². The normalized spacial score (nSPS) is 16.7. The van der Waals surface area contributed by atoms with Gasteiger partial charge in [-0.25, -0.2) is 21.6 Å². The highest BCUT2D eigenvalue weighted by Crippen LogP contribution is 2.35. The molecule has 0 saturated carbocycles. The molecule has 1 aliphatic rings. The van der Waals surface area contributed by atoms with Gasteiger partial charge in [-0.05, 0) is 72.4 Å². The Hall–Kier alpha value is -4.01. The van der Waals surface area contributed by atoms with Gasteiger partial charge >= 0.3 is 5.97 Å². The Kier molecular flexibility index (Phi) is 9.23. The Labute approximate surface area is 252 Å². The van der Waals surface area contributed by atoms with E-state index in [-0.39, 0.29) is 55.6 Å². The summed E-state index contributed by atoms with van der Waals surface area (Å²) in [5.74, 6) is -3.02. The van der Waals surface area contributed by atoms with Crippen molar-refractivity contribution in [2.45, 2.75) is 50.5 Å². The van der Waals surface area contributed by atoms with Crippen molar-refractivity contribution in [2.75, 3.05) is 26.4 Å². The van der Waals surface area contributed by atoms with Gasteiger partial charge in [0.1, 0.15) is 23.1 Å². The molecule has 2 aromatic carbocycles. The van der Waals surface area contributed by atoms with Crippen molar-refractivity contribution >= 4 is 21.6 Å². The van der Waals surface area contributed by atoms with Gasteiger partial charge in [-0.3, -0.25) is 9.20 Å². The van der Waals surface area contributed by atoms with Crippen LogP contribution in [0.15, 0.2) is 53.6 Å². The number of nitrogens with zero attached hydrogens (tertiary/aromatic N) is 4. The molecule has 44 heavy (non-hydrogen) atoms. The Morgan fingerprint density at radius 1 is 1.07 bits per heavy atom. The summed E-state index contributed by atoms with van der Waals surface area (Å²) in [5.41, 5.74) is 3.19. The van der Waals surface area contributed by atoms with Crippen molar-refractivity contribution in [1.29, 1.82) is 0 Å². The van der Waals surface area contributed by atoms with Crippen LogP contribution in [0.2, 0.25) is 0 Å². The lowest BCUT2D eigenvalue weighted by atomic mass is 9.85. The molecule has 0 bridgehead atoms. The zero-order valence-corrected chi connectivity index (χ0v) is 24.9. The molecule has 1 aliphatic heterocycles. The highest BCUT2D eigenvalue weighted by atomic mass is 32.2. The van der Waals surface area contributed by atoms with Crippen LogP contribution in [-0.4, -0.2) is 64.8 Å². The number of alkyl halides is 2. The monoisotopic (exact) mass is 632 g/mol. The number of hydrogen-bond donors (Lipinski definition) is 1. The zero-order valence-electron chi connectivity index (χ0n) is 24.0. The number of sulfonamides is 1. The summed E-state index contributed by atoms with van der Waals surface area (Å²) >= 11 is 0. The number of pyridine rings is 1. The number of carboxylic acid groups (broad SMARTS) is 1. The number of carboxylic acids is 1. The first kappa shape index (κ1) is 31.4. The molecule has 4 aromatic rings. The van der Waals surface area contributed by atoms with Crippen molar-refractivity contribution in [2.24, 2.45) is 0 Å². The van der Waals surface area contributed by atoms with E-state index in [4.69, 9.17) is 9.47 Å². The molecule has 0 radical (unpaired) electrons. The fourth-order valence-corrected chi connectivity index (χ4v) is 6.97. The number of rotatable bonds is 7. The zero-order chi connectivity index (χ0) is 31.6. The number of ether oxygens (including phenoxy) is 2. The molecule has 0 aliphatic carbocycles. The quantitative estimate of drug-likeness (QED) is 0.301. The SMILES string of the molecule is Cc1ccc([C@@H](CC(=O)O)c2ccn3c(C(F)F)nnc3c2C)cc1CN1CCCOCCOc2ccc(F)cc2S1(=O)=O. The Bertz CT molecular complexity index is 1800. The number of fused-ring (bicyclic) bond motifs is 2. The molecule has 14 heteroatoms. The second-order valence-corrected chi connectivity index (χ2v) is 12.4. The van der Waals surface area contributed by atoms with Crippen LogP contribution in [0.4, 0.5) is 13.2 Å². The highest BCUT2D eigenvalue weighted by molar-refractivity contribution is 7.89. The lowest BCUT2D eigenvalue weighted by molar-refractivity contribution is -0.137. The van der Waals surface area contributed by atoms with Crippen LogP contribution in [-0.2, 0) is 26.1 Å². The van der Waals surface area contributed by atoms with Gasteiger partial charge < -0.3 is 14.6 Å². The fourth-order valence-electron chi connectivity index (χ4n) is 5.37. The molecule has 5 rings (SSSR count). The summed E-state index contributed by atoms with van der Waals surface area (Å²) in [4.78, 5) is 11.7. The molecule has 0 saturated heterocycles. The van der Waals surface area contributed by atoms with E-state index in [2.05, 4.69) is 10.2 Å². The van der Waals surface area contributed by atoms with Gasteiger partial charge in [0, 0.05) is 31.8 Å². The van der Waals surface area contributed by atoms with Gasteiger partial charge in [0.15, 0.2) is 5.65 Å². The van der Waals surface area contributed by atoms with E-state index >= 15 is 0 Å². The van der Waals surface area contributed by atoms with Crippen LogP contribution in [0.3, 0.4) is 0 Å². The van der Waals surface area contributed by atoms with E-state index in [0.717, 1.165) is 17.7 Å². The number of aromatic nitrogens is 3. The van der Waals surface area contributed by atoms with Gasteiger partial charge in [0.25, 0.3) is 6.43 Å². The molecule has 0 fully saturated rings. The number of benzene rings is 2. The molecular weight excluding hydrogens is 601 g/mol. The van der Waals surface area contributed by atoms with Crippen LogP contribution in [0, 0.1) is 19.7 Å². The van der Waals surface area contributed by atoms with E-state index in [1.807, 2.05) is 6.92 Å². The van der Waals surface area contributed by atoms with Crippen molar-refractivity contribution in [3.05, 3.63) is 88.1 Å². The van der Waals surface area contributed by atoms with Gasteiger partial charge in [-0.15, -0.1) is 10.2 Å². The standard InChI is InChI=1S/C30H31F3N4O6S/c1-18-4-5-20(24(16-27(38)39)23-8-10-37-29(19(23)2)34-35-30(37)28(32)33)14-21(18)17-36-9-3-11-42-12-13-43-25-7-6-22(31)15-26(25)44(36,40)41/h4-8,10,14-15,24,28H,3,9,11-13,16-17H2,1-2H3,(H,38,39)/t24-/m1/s1. The van der Waals surface area contributed by atoms with E-state index in [9.17, 15) is 31.5 Å². The summed E-state index contributed by atoms with van der Waals surface area (Å²) in [6.45, 7) is 4.10. The molecule has 0 amide bonds. The summed E-state index contributed by atoms with van der Waals surface area (Å²) in [6.07, 6.45) is -1.39. The Morgan fingerprint density at radius 2 is 1.86 bits per heavy atom. The maximum absolute atomic E-state index is 14.3. The third kappa shape index (κ3) is 6.42. The fraction of sp³-hybridized carbons (Fsp3) is 0.367. The summed E-state index contributed by atoms with van der Waals surface area (Å²) in [7, 11) is -4.24. The van der Waals surface area contributed by atoms with E-state index in [0.29, 0.717) is 28.7 Å². The molecule has 1 atom stereocenters. The third-order valence-electron chi connectivity index (χ3n) is 7.67. The molecule has 0 spiro atoms. The van der Waals surface area contributed by atoms with Crippen LogP contribution in [0.25, 0.3) is 5.65 Å². The Balaban J connectivity index is 1.56. The second kappa shape index (κ2) is 12.9. The summed E-state index contributed by atoms with van der Waals surface area (Å²) in [5, 5.41) is 17.3. The molecule has 1 N–H and O–H groups in total. The van der Waals surface area contributed by atoms with Gasteiger partial charge in [0.2, 0.25) is 15.8 Å². The first-order valence-corrected chi connectivity index (χ1v) is 15.3. The second-order valence-electron chi connectivity index (χ2n) is 10.5. The summed E-state index contributed by atoms with van der Waals surface area (Å²) in [6, 6.07) is 10.2. The molecule has 2 aromatic heterocycles. The lowest BCUT2D eigenvalue weighted by Crippen LogP contribution is -2.32. The van der Waals surface area contributed by atoms with Crippen molar-refractivity contribution in [1.82, 2.24) is 18.9 Å². The highest BCUT2D eigenvalue weighted by Gasteiger charge is 2.30. The largest absolute Gasteiger partial charge is 0.490 e. The van der Waals surface area contributed by atoms with Crippen molar-refractivity contribution in [3.63, 3.8) is 0 Å². The number of aryl methyl sites for hydroxylation is 2. The molecular formula is C30H31F3N4O6S. The third-order valence-corrected chi connectivity index (χ3v) is 9.54. The first-order chi connectivity index (χ1) is 21.0. The predicted octanol–water partition coefficient (Wildman–Crippen LogP) is 5.02. The molecule has 234 valence electrons. The van der Waals surface area contributed by atoms with Gasteiger partial charge in [-0.1, -0.05) is 18.2 Å². The average molecular weight is 633 g/mol. The van der Waals surface area contributed by atoms with E-state index < -0.39 is 40.0 Å². The van der Waals surface area contributed by atoms with Crippen LogP contribution in [0.5, 0.6) is 5.75 Å². The minimum absolute atomic E-state index is 0.0169. The van der Waals surface area contributed by atoms with Crippen molar-refractivity contribution in [3.8, 4) is 5.75 Å². The molecule has 10 nitrogen and oxygen atoms in total. The summed E-state index contributed by atoms with van der Waals surface area (Å²) < 4.78 is 82.5. The Morgan fingerprint density at radius 3 is 2.61 bits per heavy atom. The number of carbonyl (C=O) groups is 1. The van der Waals surface area contributed by atoms with E-state index in [1.165, 1.54) is 21.0 Å². The number of hydrogen-bond acceptors (Lipinski definition) is 7. The first-order valence-electron chi connectivity index (χ1n) is 13.9. The van der Waals surface area contributed by atoms with Crippen LogP contribution < -0.4 is 4.74 Å². The topological polar surface area (TPSA) is 123 Å². The smallest absolute Gasteiger partial charge is 0.304 e. The van der Waals surface area contributed by atoms with Crippen molar-refractivity contribution < 1.29 is 41.0 Å². The van der Waals surface area contributed by atoms with Crippen LogP contribution in [0.1, 0.15) is 58.8 Å². The predicted molar refractivity (Wildman–Crippen MR) is 153 cm³/mol. The maximum Gasteiger partial charge on any atom is 0.304 e. The van der Waals surface area contributed by atoms with Gasteiger partial charge in [0.05, 0.1) is 13.0 Å². The average Bonchev–Trinajstić information content (AvgIpc) is 3.41. The van der Waals surface area contributed by atoms with Gasteiger partial charge in [-0.2, -0.15) is 4.31 Å².